The van der Waals surface area contributed by atoms with Crippen molar-refractivity contribution in [2.45, 2.75) is 64.1 Å². The summed E-state index contributed by atoms with van der Waals surface area (Å²) in [5, 5.41) is 9.81. The summed E-state index contributed by atoms with van der Waals surface area (Å²) in [6, 6.07) is 0. The van der Waals surface area contributed by atoms with Crippen molar-refractivity contribution in [1.82, 2.24) is 0 Å². The SMILES string of the molecule is CCCCC(O)C1CCCCCO1. The molecule has 13 heavy (non-hydrogen) atoms. The number of unbranched alkanes of at least 4 members (excludes halogenated alkanes) is 1. The molecule has 2 heteroatoms. The number of aliphatic hydroxyl groups excluding tert-OH is 1. The van der Waals surface area contributed by atoms with Crippen molar-refractivity contribution in [2.75, 3.05) is 6.61 Å². The molecule has 0 aromatic carbocycles. The maximum absolute atomic E-state index is 9.81. The number of rotatable bonds is 4. The molecule has 0 aromatic heterocycles. The van der Waals surface area contributed by atoms with Crippen molar-refractivity contribution in [2.24, 2.45) is 0 Å². The molecule has 1 heterocycles. The van der Waals surface area contributed by atoms with E-state index in [0.717, 1.165) is 38.7 Å². The van der Waals surface area contributed by atoms with Crippen molar-refractivity contribution in [3.8, 4) is 0 Å². The summed E-state index contributed by atoms with van der Waals surface area (Å²) < 4.78 is 5.61. The maximum atomic E-state index is 9.81. The van der Waals surface area contributed by atoms with Crippen LogP contribution in [0, 0.1) is 0 Å². The van der Waals surface area contributed by atoms with Gasteiger partial charge in [-0.2, -0.15) is 0 Å². The van der Waals surface area contributed by atoms with Gasteiger partial charge in [-0.25, -0.2) is 0 Å². The van der Waals surface area contributed by atoms with E-state index < -0.39 is 0 Å². The lowest BCUT2D eigenvalue weighted by atomic mass is 10.0. The van der Waals surface area contributed by atoms with Crippen LogP contribution in [0.4, 0.5) is 0 Å². The monoisotopic (exact) mass is 186 g/mol. The van der Waals surface area contributed by atoms with Crippen LogP contribution in [-0.4, -0.2) is 23.9 Å². The van der Waals surface area contributed by atoms with Crippen LogP contribution in [0.25, 0.3) is 0 Å². The van der Waals surface area contributed by atoms with E-state index in [9.17, 15) is 5.11 Å². The Morgan fingerprint density at radius 2 is 2.23 bits per heavy atom. The van der Waals surface area contributed by atoms with Crippen molar-refractivity contribution >= 4 is 0 Å². The Morgan fingerprint density at radius 1 is 1.38 bits per heavy atom. The Kier molecular flexibility index (Phi) is 5.40. The Morgan fingerprint density at radius 3 is 3.00 bits per heavy atom. The van der Waals surface area contributed by atoms with Gasteiger partial charge in [0.2, 0.25) is 0 Å². The molecule has 1 aliphatic heterocycles. The summed E-state index contributed by atoms with van der Waals surface area (Å²) >= 11 is 0. The molecule has 0 radical (unpaired) electrons. The van der Waals surface area contributed by atoms with Gasteiger partial charge in [0.25, 0.3) is 0 Å². The van der Waals surface area contributed by atoms with Crippen molar-refractivity contribution in [3.63, 3.8) is 0 Å². The first kappa shape index (κ1) is 11.0. The van der Waals surface area contributed by atoms with Gasteiger partial charge >= 0.3 is 0 Å². The molecule has 1 aliphatic rings. The van der Waals surface area contributed by atoms with Gasteiger partial charge < -0.3 is 9.84 Å². The zero-order chi connectivity index (χ0) is 9.52. The molecule has 0 saturated carbocycles. The molecule has 0 amide bonds. The average Bonchev–Trinajstić information content (AvgIpc) is 2.42. The third-order valence-electron chi connectivity index (χ3n) is 2.75. The largest absolute Gasteiger partial charge is 0.390 e. The predicted molar refractivity (Wildman–Crippen MR) is 53.7 cm³/mol. The van der Waals surface area contributed by atoms with Gasteiger partial charge in [0, 0.05) is 6.61 Å². The summed E-state index contributed by atoms with van der Waals surface area (Å²) in [4.78, 5) is 0. The zero-order valence-electron chi connectivity index (χ0n) is 8.67. The lowest BCUT2D eigenvalue weighted by Gasteiger charge is -2.21. The summed E-state index contributed by atoms with van der Waals surface area (Å²) in [6.45, 7) is 2.99. The Bertz CT molecular complexity index is 117. The molecular formula is C11H22O2. The van der Waals surface area contributed by atoms with Gasteiger partial charge in [-0.3, -0.25) is 0 Å². The average molecular weight is 186 g/mol. The van der Waals surface area contributed by atoms with Gasteiger partial charge in [-0.15, -0.1) is 0 Å². The van der Waals surface area contributed by atoms with E-state index in [-0.39, 0.29) is 12.2 Å². The summed E-state index contributed by atoms with van der Waals surface area (Å²) in [5.41, 5.74) is 0. The van der Waals surface area contributed by atoms with E-state index in [0.29, 0.717) is 0 Å². The second-order valence-corrected chi connectivity index (χ2v) is 3.97. The molecule has 1 saturated heterocycles. The van der Waals surface area contributed by atoms with Gasteiger partial charge in [0.15, 0.2) is 0 Å². The van der Waals surface area contributed by atoms with Crippen LogP contribution in [0.5, 0.6) is 0 Å². The molecule has 0 bridgehead atoms. The molecular weight excluding hydrogens is 164 g/mol. The quantitative estimate of drug-likeness (QED) is 0.731. The summed E-state index contributed by atoms with van der Waals surface area (Å²) in [7, 11) is 0. The molecule has 78 valence electrons. The normalized spacial score (nSPS) is 26.8. The fraction of sp³-hybridized carbons (Fsp3) is 1.00. The molecule has 0 aromatic rings. The molecule has 0 aliphatic carbocycles. The number of aliphatic hydroxyl groups is 1. The lowest BCUT2D eigenvalue weighted by molar-refractivity contribution is -0.0381. The fourth-order valence-electron chi connectivity index (χ4n) is 1.85. The Labute approximate surface area is 81.3 Å². The van der Waals surface area contributed by atoms with Crippen LogP contribution in [0.15, 0.2) is 0 Å². The van der Waals surface area contributed by atoms with E-state index >= 15 is 0 Å². The lowest BCUT2D eigenvalue weighted by Crippen LogP contribution is -2.28. The highest BCUT2D eigenvalue weighted by atomic mass is 16.5. The second kappa shape index (κ2) is 6.39. The third-order valence-corrected chi connectivity index (χ3v) is 2.75. The third kappa shape index (κ3) is 4.10. The van der Waals surface area contributed by atoms with Crippen molar-refractivity contribution in [3.05, 3.63) is 0 Å². The first-order chi connectivity index (χ1) is 6.34. The Balaban J connectivity index is 2.22. The van der Waals surface area contributed by atoms with Crippen LogP contribution >= 0.6 is 0 Å². The molecule has 1 fully saturated rings. The standard InChI is InChI=1S/C11H22O2/c1-2-3-7-10(12)11-8-5-4-6-9-13-11/h10-12H,2-9H2,1H3. The second-order valence-electron chi connectivity index (χ2n) is 3.97. The van der Waals surface area contributed by atoms with Gasteiger partial charge in [0.05, 0.1) is 12.2 Å². The van der Waals surface area contributed by atoms with Crippen LogP contribution in [0.3, 0.4) is 0 Å². The highest BCUT2D eigenvalue weighted by Crippen LogP contribution is 2.18. The molecule has 2 atom stereocenters. The number of hydrogen-bond donors (Lipinski definition) is 1. The van der Waals surface area contributed by atoms with Crippen LogP contribution in [-0.2, 0) is 4.74 Å². The summed E-state index contributed by atoms with van der Waals surface area (Å²) in [5.74, 6) is 0. The maximum Gasteiger partial charge on any atom is 0.0833 e. The molecule has 1 rings (SSSR count). The minimum Gasteiger partial charge on any atom is -0.390 e. The highest BCUT2D eigenvalue weighted by molar-refractivity contribution is 4.71. The molecule has 2 unspecified atom stereocenters. The first-order valence-electron chi connectivity index (χ1n) is 5.64. The van der Waals surface area contributed by atoms with Crippen molar-refractivity contribution < 1.29 is 9.84 Å². The Hall–Kier alpha value is -0.0800. The predicted octanol–water partition coefficient (Wildman–Crippen LogP) is 2.50. The smallest absolute Gasteiger partial charge is 0.0833 e. The zero-order valence-corrected chi connectivity index (χ0v) is 8.67. The number of ether oxygens (including phenoxy) is 1. The van der Waals surface area contributed by atoms with E-state index in [1.165, 1.54) is 12.8 Å². The van der Waals surface area contributed by atoms with E-state index in [1.54, 1.807) is 0 Å². The van der Waals surface area contributed by atoms with Crippen LogP contribution in [0.1, 0.15) is 51.9 Å². The van der Waals surface area contributed by atoms with Crippen LogP contribution < -0.4 is 0 Å². The molecule has 1 N–H and O–H groups in total. The van der Waals surface area contributed by atoms with Gasteiger partial charge in [-0.05, 0) is 19.3 Å². The van der Waals surface area contributed by atoms with Crippen LogP contribution in [0.2, 0.25) is 0 Å². The minimum absolute atomic E-state index is 0.119. The van der Waals surface area contributed by atoms with E-state index in [4.69, 9.17) is 4.74 Å². The van der Waals surface area contributed by atoms with Gasteiger partial charge in [-0.1, -0.05) is 32.6 Å². The minimum atomic E-state index is -0.224. The van der Waals surface area contributed by atoms with Gasteiger partial charge in [0.1, 0.15) is 0 Å². The summed E-state index contributed by atoms with van der Waals surface area (Å²) in [6.07, 6.45) is 7.76. The highest BCUT2D eigenvalue weighted by Gasteiger charge is 2.20. The van der Waals surface area contributed by atoms with E-state index in [2.05, 4.69) is 6.92 Å². The number of hydrogen-bond acceptors (Lipinski definition) is 2. The molecule has 0 spiro atoms. The first-order valence-corrected chi connectivity index (χ1v) is 5.64. The van der Waals surface area contributed by atoms with E-state index in [1.807, 2.05) is 0 Å². The van der Waals surface area contributed by atoms with Crippen molar-refractivity contribution in [1.29, 1.82) is 0 Å². The topological polar surface area (TPSA) is 29.5 Å². The fourth-order valence-corrected chi connectivity index (χ4v) is 1.85. The molecule has 2 nitrogen and oxygen atoms in total.